The highest BCUT2D eigenvalue weighted by atomic mass is 19.2. The van der Waals surface area contributed by atoms with Crippen molar-refractivity contribution in [2.75, 3.05) is 10.6 Å². The average Bonchev–Trinajstić information content (AvgIpc) is 2.62. The number of amides is 1. The smallest absolute Gasteiger partial charge is 0.275 e. The van der Waals surface area contributed by atoms with Crippen LogP contribution < -0.4 is 10.6 Å². The van der Waals surface area contributed by atoms with Crippen LogP contribution in [-0.4, -0.2) is 15.9 Å². The molecular weight excluding hydrogens is 338 g/mol. The standard InChI is InChI=1S/C19H16F2N4O/c1-11-3-4-13(7-12(11)2)25-19(26)17-9-23-18(10-22-17)24-14-5-6-15(20)16(21)8-14/h3-10H,1-2H3,(H,23,24)(H,25,26). The minimum atomic E-state index is -0.965. The maximum Gasteiger partial charge on any atom is 0.275 e. The van der Waals surface area contributed by atoms with Crippen molar-refractivity contribution in [3.05, 3.63) is 77.2 Å². The first-order valence-corrected chi connectivity index (χ1v) is 7.85. The van der Waals surface area contributed by atoms with Crippen molar-refractivity contribution in [3.8, 4) is 0 Å². The molecule has 5 nitrogen and oxygen atoms in total. The van der Waals surface area contributed by atoms with Gasteiger partial charge in [-0.25, -0.2) is 18.7 Å². The molecule has 0 spiro atoms. The summed E-state index contributed by atoms with van der Waals surface area (Å²) in [5, 5.41) is 5.55. The molecule has 26 heavy (non-hydrogen) atoms. The van der Waals surface area contributed by atoms with Gasteiger partial charge in [-0.2, -0.15) is 0 Å². The zero-order valence-electron chi connectivity index (χ0n) is 14.2. The van der Waals surface area contributed by atoms with Crippen LogP contribution in [-0.2, 0) is 0 Å². The first kappa shape index (κ1) is 17.5. The molecule has 2 aromatic carbocycles. The molecule has 0 saturated carbocycles. The molecule has 1 aromatic heterocycles. The number of hydrogen-bond donors (Lipinski definition) is 2. The molecule has 1 heterocycles. The van der Waals surface area contributed by atoms with Crippen LogP contribution in [0.25, 0.3) is 0 Å². The Kier molecular flexibility index (Phi) is 4.88. The Morgan fingerprint density at radius 3 is 2.31 bits per heavy atom. The number of aryl methyl sites for hydroxylation is 2. The summed E-state index contributed by atoms with van der Waals surface area (Å²) in [6, 6.07) is 9.01. The Morgan fingerprint density at radius 2 is 1.65 bits per heavy atom. The van der Waals surface area contributed by atoms with E-state index in [2.05, 4.69) is 20.6 Å². The number of hydrogen-bond acceptors (Lipinski definition) is 4. The van der Waals surface area contributed by atoms with Crippen molar-refractivity contribution < 1.29 is 13.6 Å². The molecule has 0 aliphatic carbocycles. The van der Waals surface area contributed by atoms with Gasteiger partial charge < -0.3 is 10.6 Å². The van der Waals surface area contributed by atoms with Crippen LogP contribution in [0.1, 0.15) is 21.6 Å². The van der Waals surface area contributed by atoms with E-state index >= 15 is 0 Å². The molecule has 132 valence electrons. The van der Waals surface area contributed by atoms with Gasteiger partial charge in [0.15, 0.2) is 11.6 Å². The van der Waals surface area contributed by atoms with Crippen LogP contribution in [0.3, 0.4) is 0 Å². The fraction of sp³-hybridized carbons (Fsp3) is 0.105. The predicted molar refractivity (Wildman–Crippen MR) is 95.5 cm³/mol. The van der Waals surface area contributed by atoms with Gasteiger partial charge in [-0.15, -0.1) is 0 Å². The minimum absolute atomic E-state index is 0.138. The normalized spacial score (nSPS) is 10.5. The topological polar surface area (TPSA) is 66.9 Å². The van der Waals surface area contributed by atoms with Gasteiger partial charge in [-0.3, -0.25) is 4.79 Å². The van der Waals surface area contributed by atoms with Crippen LogP contribution in [0.15, 0.2) is 48.8 Å². The molecule has 0 unspecified atom stereocenters. The van der Waals surface area contributed by atoms with Crippen molar-refractivity contribution in [2.45, 2.75) is 13.8 Å². The zero-order chi connectivity index (χ0) is 18.7. The predicted octanol–water partition coefficient (Wildman–Crippen LogP) is 4.37. The van der Waals surface area contributed by atoms with E-state index in [1.54, 1.807) is 0 Å². The zero-order valence-corrected chi connectivity index (χ0v) is 14.2. The Labute approximate surface area is 149 Å². The van der Waals surface area contributed by atoms with E-state index in [1.165, 1.54) is 18.5 Å². The number of nitrogens with zero attached hydrogens (tertiary/aromatic N) is 2. The lowest BCUT2D eigenvalue weighted by molar-refractivity contribution is 0.102. The Morgan fingerprint density at radius 1 is 0.885 bits per heavy atom. The number of halogens is 2. The third-order valence-corrected chi connectivity index (χ3v) is 3.84. The molecule has 2 N–H and O–H groups in total. The summed E-state index contributed by atoms with van der Waals surface area (Å²) in [6.45, 7) is 3.95. The Hall–Kier alpha value is -3.35. The van der Waals surface area contributed by atoms with Gasteiger partial charge in [0.05, 0.1) is 12.4 Å². The molecule has 0 fully saturated rings. The lowest BCUT2D eigenvalue weighted by Gasteiger charge is -2.08. The van der Waals surface area contributed by atoms with Crippen molar-refractivity contribution in [1.82, 2.24) is 9.97 Å². The number of aromatic nitrogens is 2. The van der Waals surface area contributed by atoms with E-state index in [-0.39, 0.29) is 11.6 Å². The summed E-state index contributed by atoms with van der Waals surface area (Å²) < 4.78 is 26.1. The summed E-state index contributed by atoms with van der Waals surface area (Å²) >= 11 is 0. The molecule has 7 heteroatoms. The fourth-order valence-electron chi connectivity index (χ4n) is 2.25. The van der Waals surface area contributed by atoms with Crippen LogP contribution >= 0.6 is 0 Å². The largest absolute Gasteiger partial charge is 0.339 e. The maximum atomic E-state index is 13.2. The van der Waals surface area contributed by atoms with Crippen LogP contribution in [0.4, 0.5) is 26.0 Å². The van der Waals surface area contributed by atoms with Gasteiger partial charge in [0.2, 0.25) is 0 Å². The number of nitrogens with one attached hydrogen (secondary N) is 2. The van der Waals surface area contributed by atoms with E-state index < -0.39 is 11.6 Å². The second-order valence-corrected chi connectivity index (χ2v) is 5.79. The molecule has 0 aliphatic heterocycles. The van der Waals surface area contributed by atoms with Gasteiger partial charge in [-0.05, 0) is 49.2 Å². The van der Waals surface area contributed by atoms with Crippen molar-refractivity contribution in [1.29, 1.82) is 0 Å². The van der Waals surface area contributed by atoms with Crippen molar-refractivity contribution in [3.63, 3.8) is 0 Å². The van der Waals surface area contributed by atoms with Gasteiger partial charge in [0.25, 0.3) is 5.91 Å². The number of anilines is 3. The van der Waals surface area contributed by atoms with E-state index in [1.807, 2.05) is 32.0 Å². The lowest BCUT2D eigenvalue weighted by atomic mass is 10.1. The summed E-state index contributed by atoms with van der Waals surface area (Å²) in [5.41, 5.74) is 3.34. The summed E-state index contributed by atoms with van der Waals surface area (Å²) in [7, 11) is 0. The Bertz CT molecular complexity index is 958. The Balaban J connectivity index is 1.69. The number of carbonyl (C=O) groups is 1. The van der Waals surface area contributed by atoms with Crippen LogP contribution in [0.2, 0.25) is 0 Å². The number of rotatable bonds is 4. The van der Waals surface area contributed by atoms with Gasteiger partial charge in [0, 0.05) is 17.4 Å². The first-order chi connectivity index (χ1) is 12.4. The van der Waals surface area contributed by atoms with Crippen LogP contribution in [0, 0.1) is 25.5 Å². The number of carbonyl (C=O) groups excluding carboxylic acids is 1. The maximum absolute atomic E-state index is 13.2. The minimum Gasteiger partial charge on any atom is -0.339 e. The molecule has 0 bridgehead atoms. The summed E-state index contributed by atoms with van der Waals surface area (Å²) in [6.07, 6.45) is 2.65. The molecule has 0 aliphatic rings. The number of benzene rings is 2. The molecule has 1 amide bonds. The summed E-state index contributed by atoms with van der Waals surface area (Å²) in [4.78, 5) is 20.4. The lowest BCUT2D eigenvalue weighted by Crippen LogP contribution is -2.14. The summed E-state index contributed by atoms with van der Waals surface area (Å²) in [5.74, 6) is -1.98. The second-order valence-electron chi connectivity index (χ2n) is 5.79. The third kappa shape index (κ3) is 4.00. The third-order valence-electron chi connectivity index (χ3n) is 3.84. The van der Waals surface area contributed by atoms with E-state index in [0.29, 0.717) is 17.2 Å². The van der Waals surface area contributed by atoms with Gasteiger partial charge in [-0.1, -0.05) is 6.07 Å². The molecule has 0 atom stereocenters. The fourth-order valence-corrected chi connectivity index (χ4v) is 2.25. The molecule has 0 saturated heterocycles. The van der Waals surface area contributed by atoms with E-state index in [0.717, 1.165) is 23.3 Å². The van der Waals surface area contributed by atoms with E-state index in [4.69, 9.17) is 0 Å². The second kappa shape index (κ2) is 7.26. The quantitative estimate of drug-likeness (QED) is 0.730. The molecule has 3 aromatic rings. The monoisotopic (exact) mass is 354 g/mol. The highest BCUT2D eigenvalue weighted by Crippen LogP contribution is 2.18. The average molecular weight is 354 g/mol. The SMILES string of the molecule is Cc1ccc(NC(=O)c2cnc(Nc3ccc(F)c(F)c3)cn2)cc1C. The van der Waals surface area contributed by atoms with Gasteiger partial charge >= 0.3 is 0 Å². The highest BCUT2D eigenvalue weighted by molar-refractivity contribution is 6.02. The van der Waals surface area contributed by atoms with Crippen LogP contribution in [0.5, 0.6) is 0 Å². The van der Waals surface area contributed by atoms with Crippen molar-refractivity contribution >= 4 is 23.1 Å². The van der Waals surface area contributed by atoms with Gasteiger partial charge in [0.1, 0.15) is 11.5 Å². The first-order valence-electron chi connectivity index (χ1n) is 7.85. The molecule has 3 rings (SSSR count). The van der Waals surface area contributed by atoms with E-state index in [9.17, 15) is 13.6 Å². The van der Waals surface area contributed by atoms with Crippen molar-refractivity contribution in [2.24, 2.45) is 0 Å². The molecule has 0 radical (unpaired) electrons. The highest BCUT2D eigenvalue weighted by Gasteiger charge is 2.10. The molecular formula is C19H16F2N4O.